The van der Waals surface area contributed by atoms with E-state index in [2.05, 4.69) is 25.6 Å². The van der Waals surface area contributed by atoms with Gasteiger partial charge in [0.05, 0.1) is 24.4 Å². The molecule has 0 radical (unpaired) electrons. The normalized spacial score (nSPS) is 24.2. The van der Waals surface area contributed by atoms with E-state index in [1.165, 1.54) is 29.4 Å². The van der Waals surface area contributed by atoms with Gasteiger partial charge in [-0.25, -0.2) is 15.0 Å². The molecule has 3 aromatic rings. The van der Waals surface area contributed by atoms with Crippen LogP contribution in [-0.2, 0) is 21.4 Å². The van der Waals surface area contributed by atoms with E-state index >= 15 is 0 Å². The van der Waals surface area contributed by atoms with Gasteiger partial charge < -0.3 is 30.7 Å². The van der Waals surface area contributed by atoms with Gasteiger partial charge in [-0.05, 0) is 37.1 Å². The Hall–Kier alpha value is -3.21. The number of carbonyl (C=O) groups excluding carboxylic acids is 1. The molecule has 210 valence electrons. The third-order valence-corrected chi connectivity index (χ3v) is 7.89. The van der Waals surface area contributed by atoms with Crippen molar-refractivity contribution in [2.75, 3.05) is 11.9 Å². The fourth-order valence-electron chi connectivity index (χ4n) is 4.92. The smallest absolute Gasteiger partial charge is 0.294 e. The predicted molar refractivity (Wildman–Crippen MR) is 136 cm³/mol. The fourth-order valence-corrected chi connectivity index (χ4v) is 5.40. The molecule has 3 heterocycles. The first kappa shape index (κ1) is 27.4. The summed E-state index contributed by atoms with van der Waals surface area (Å²) in [5.74, 6) is 0.177. The summed E-state index contributed by atoms with van der Waals surface area (Å²) in [6.07, 6.45) is 2.02. The molecule has 6 N–H and O–H groups in total. The molecule has 1 amide bonds. The minimum Gasteiger partial charge on any atom is -0.394 e. The lowest BCUT2D eigenvalue weighted by atomic mass is 9.95. The predicted octanol–water partition coefficient (Wildman–Crippen LogP) is 0.359. The number of aliphatic hydroxyl groups is 3. The van der Waals surface area contributed by atoms with Crippen LogP contribution in [0.4, 0.5) is 5.82 Å². The topological polar surface area (TPSA) is 209 Å². The highest BCUT2D eigenvalue weighted by molar-refractivity contribution is 7.85. The minimum atomic E-state index is -4.38. The number of aromatic nitrogens is 4. The van der Waals surface area contributed by atoms with Crippen LogP contribution < -0.4 is 10.6 Å². The number of nitrogens with zero attached hydrogens (tertiary/aromatic N) is 4. The van der Waals surface area contributed by atoms with Crippen LogP contribution in [-0.4, -0.2) is 84.7 Å². The van der Waals surface area contributed by atoms with Crippen molar-refractivity contribution in [2.24, 2.45) is 0 Å². The van der Waals surface area contributed by atoms with E-state index in [0.29, 0.717) is 17.0 Å². The lowest BCUT2D eigenvalue weighted by Crippen LogP contribution is -2.33. The van der Waals surface area contributed by atoms with Gasteiger partial charge in [-0.15, -0.1) is 0 Å². The minimum absolute atomic E-state index is 0.0880. The van der Waals surface area contributed by atoms with Crippen LogP contribution in [0.5, 0.6) is 0 Å². The Bertz CT molecular complexity index is 1440. The Morgan fingerprint density at radius 3 is 2.44 bits per heavy atom. The Morgan fingerprint density at radius 1 is 1.08 bits per heavy atom. The largest absolute Gasteiger partial charge is 0.394 e. The maximum Gasteiger partial charge on any atom is 0.294 e. The van der Waals surface area contributed by atoms with E-state index in [0.717, 1.165) is 37.8 Å². The third-order valence-electron chi connectivity index (χ3n) is 7.03. The van der Waals surface area contributed by atoms with E-state index in [1.807, 2.05) is 0 Å². The summed E-state index contributed by atoms with van der Waals surface area (Å²) in [5, 5.41) is 36.4. The van der Waals surface area contributed by atoms with E-state index in [9.17, 15) is 28.5 Å². The average molecular weight is 563 g/mol. The summed E-state index contributed by atoms with van der Waals surface area (Å²) in [4.78, 5) is 25.9. The highest BCUT2D eigenvalue weighted by atomic mass is 32.2. The average Bonchev–Trinajstić information content (AvgIpc) is 3.47. The van der Waals surface area contributed by atoms with Crippen LogP contribution in [0.2, 0.25) is 0 Å². The Labute approximate surface area is 223 Å². The summed E-state index contributed by atoms with van der Waals surface area (Å²) in [6, 6.07) is 4.97. The second-order valence-electron chi connectivity index (χ2n) is 9.70. The maximum atomic E-state index is 12.7. The lowest BCUT2D eigenvalue weighted by molar-refractivity contribution is -0.0511. The zero-order chi connectivity index (χ0) is 27.7. The molecule has 2 aliphatic rings. The van der Waals surface area contributed by atoms with E-state index < -0.39 is 47.2 Å². The third kappa shape index (κ3) is 5.73. The Balaban J connectivity index is 1.43. The van der Waals surface area contributed by atoms with E-state index in [4.69, 9.17) is 9.29 Å². The number of benzene rings is 1. The molecule has 1 aliphatic heterocycles. The van der Waals surface area contributed by atoms with Crippen LogP contribution in [0, 0.1) is 0 Å². The monoisotopic (exact) mass is 562 g/mol. The molecule has 0 bridgehead atoms. The quantitative estimate of drug-likeness (QED) is 0.206. The molecular formula is C24H30N6O8S. The van der Waals surface area contributed by atoms with Crippen molar-refractivity contribution in [3.8, 4) is 0 Å². The highest BCUT2D eigenvalue weighted by Crippen LogP contribution is 2.33. The van der Waals surface area contributed by atoms with E-state index in [-0.39, 0.29) is 28.9 Å². The first-order chi connectivity index (χ1) is 18.7. The van der Waals surface area contributed by atoms with Gasteiger partial charge in [-0.1, -0.05) is 19.3 Å². The number of rotatable bonds is 8. The highest BCUT2D eigenvalue weighted by Gasteiger charge is 2.44. The van der Waals surface area contributed by atoms with Crippen molar-refractivity contribution < 1.29 is 37.8 Å². The van der Waals surface area contributed by atoms with Gasteiger partial charge in [-0.2, -0.15) is 8.42 Å². The Morgan fingerprint density at radius 2 is 1.79 bits per heavy atom. The maximum absolute atomic E-state index is 12.7. The van der Waals surface area contributed by atoms with Crippen molar-refractivity contribution in [1.82, 2.24) is 24.8 Å². The van der Waals surface area contributed by atoms with Crippen LogP contribution in [0.25, 0.3) is 11.2 Å². The van der Waals surface area contributed by atoms with Gasteiger partial charge >= 0.3 is 0 Å². The van der Waals surface area contributed by atoms with Gasteiger partial charge in [0.25, 0.3) is 16.0 Å². The summed E-state index contributed by atoms with van der Waals surface area (Å²) in [6.45, 7) is -0.567. The first-order valence-electron chi connectivity index (χ1n) is 12.6. The molecule has 1 aliphatic carbocycles. The second-order valence-corrected chi connectivity index (χ2v) is 11.1. The summed E-state index contributed by atoms with van der Waals surface area (Å²) < 4.78 is 38.8. The number of anilines is 1. The number of ether oxygens (including phenoxy) is 1. The summed E-state index contributed by atoms with van der Waals surface area (Å²) in [5.41, 5.74) is 0.898. The number of aliphatic hydroxyl groups excluding tert-OH is 3. The molecule has 14 nitrogen and oxygen atoms in total. The molecule has 15 heteroatoms. The van der Waals surface area contributed by atoms with Crippen molar-refractivity contribution in [2.45, 2.75) is 74.1 Å². The number of fused-ring (bicyclic) bond motifs is 1. The molecule has 4 atom stereocenters. The molecule has 1 aromatic carbocycles. The molecule has 2 aromatic heterocycles. The molecule has 1 saturated heterocycles. The zero-order valence-electron chi connectivity index (χ0n) is 20.8. The van der Waals surface area contributed by atoms with Crippen LogP contribution in [0.15, 0.2) is 35.5 Å². The number of hydrogen-bond acceptors (Lipinski definition) is 11. The van der Waals surface area contributed by atoms with Crippen LogP contribution >= 0.6 is 0 Å². The lowest BCUT2D eigenvalue weighted by Gasteiger charge is -2.23. The number of carbonyl (C=O) groups is 1. The van der Waals surface area contributed by atoms with Gasteiger partial charge in [0.2, 0.25) is 0 Å². The van der Waals surface area contributed by atoms with Gasteiger partial charge in [0.1, 0.15) is 18.3 Å². The molecule has 39 heavy (non-hydrogen) atoms. The van der Waals surface area contributed by atoms with Crippen LogP contribution in [0.3, 0.4) is 0 Å². The van der Waals surface area contributed by atoms with Crippen LogP contribution in [0.1, 0.15) is 54.5 Å². The molecular weight excluding hydrogens is 532 g/mol. The van der Waals surface area contributed by atoms with Gasteiger partial charge in [0.15, 0.2) is 29.0 Å². The second kappa shape index (κ2) is 11.1. The molecule has 0 unspecified atom stereocenters. The molecule has 1 saturated carbocycles. The summed E-state index contributed by atoms with van der Waals surface area (Å²) in [7, 11) is -4.38. The number of hydrogen-bond donors (Lipinski definition) is 6. The van der Waals surface area contributed by atoms with Crippen molar-refractivity contribution >= 4 is 33.0 Å². The number of nitrogens with one attached hydrogen (secondary N) is 2. The SMILES string of the molecule is O=C(NCc1nc(NC2CCCCC2)c2ncn([C@@H]3O[C@H](CO)[C@@H](O)[C@@H]3O)c2n1)c1ccc(S(=O)(=O)O)cc1. The molecule has 5 rings (SSSR count). The molecule has 0 spiro atoms. The van der Waals surface area contributed by atoms with Crippen molar-refractivity contribution in [1.29, 1.82) is 0 Å². The van der Waals surface area contributed by atoms with Gasteiger partial charge in [0, 0.05) is 11.6 Å². The van der Waals surface area contributed by atoms with Gasteiger partial charge in [-0.3, -0.25) is 13.9 Å². The zero-order valence-corrected chi connectivity index (χ0v) is 21.7. The number of imidazole rings is 1. The first-order valence-corrected chi connectivity index (χ1v) is 14.1. The van der Waals surface area contributed by atoms with E-state index in [1.54, 1.807) is 0 Å². The fraction of sp³-hybridized carbons (Fsp3) is 0.500. The Kier molecular flexibility index (Phi) is 7.80. The standard InChI is InChI=1S/C24H30N6O8S/c31-11-16-19(32)20(33)24(38-16)30-12-26-18-21(27-14-4-2-1-3-5-14)28-17(29-22(18)30)10-25-23(34)13-6-8-15(9-7-13)39(35,36)37/h6-9,12,14,16,19-20,24,31-33H,1-5,10-11H2,(H,25,34)(H,27,28,29)(H,35,36,37)/t16-,19-,20+,24-/m1/s1. The molecule has 2 fully saturated rings. The van der Waals surface area contributed by atoms with Crippen molar-refractivity contribution in [3.05, 3.63) is 42.0 Å². The number of amides is 1. The summed E-state index contributed by atoms with van der Waals surface area (Å²) >= 11 is 0. The van der Waals surface area contributed by atoms with Crippen molar-refractivity contribution in [3.63, 3.8) is 0 Å².